The van der Waals surface area contributed by atoms with Crippen molar-refractivity contribution in [3.8, 4) is 0 Å². The zero-order chi connectivity index (χ0) is 9.68. The van der Waals surface area contributed by atoms with Crippen molar-refractivity contribution in [2.24, 2.45) is 0 Å². The van der Waals surface area contributed by atoms with Crippen LogP contribution in [0.25, 0.3) is 0 Å². The van der Waals surface area contributed by atoms with Gasteiger partial charge in [0.05, 0.1) is 6.67 Å². The van der Waals surface area contributed by atoms with Gasteiger partial charge in [-0.15, -0.1) is 0 Å². The van der Waals surface area contributed by atoms with Gasteiger partial charge in [0.25, 0.3) is 0 Å². The quantitative estimate of drug-likeness (QED) is 0.660. The molecule has 0 radical (unpaired) electrons. The first-order valence-corrected chi connectivity index (χ1v) is 5.22. The molecule has 2 nitrogen and oxygen atoms in total. The maximum Gasteiger partial charge on any atom is 0.0906 e. The van der Waals surface area contributed by atoms with E-state index < -0.39 is 0 Å². The maximum atomic E-state index is 12.0. The van der Waals surface area contributed by atoms with E-state index in [0.717, 1.165) is 19.6 Å². The first-order chi connectivity index (χ1) is 6.24. The number of nitrogens with zero attached hydrogens (tertiary/aromatic N) is 2. The molecule has 0 aromatic heterocycles. The third-order valence-electron chi connectivity index (χ3n) is 2.90. The molecule has 0 saturated carbocycles. The van der Waals surface area contributed by atoms with Crippen LogP contribution in [0, 0.1) is 0 Å². The zero-order valence-electron chi connectivity index (χ0n) is 8.80. The second-order valence-electron chi connectivity index (χ2n) is 4.02. The van der Waals surface area contributed by atoms with Crippen molar-refractivity contribution in [1.82, 2.24) is 9.80 Å². The van der Waals surface area contributed by atoms with E-state index in [1.165, 1.54) is 13.0 Å². The highest BCUT2D eigenvalue weighted by molar-refractivity contribution is 4.74. The van der Waals surface area contributed by atoms with E-state index in [4.69, 9.17) is 0 Å². The Morgan fingerprint density at radius 3 is 2.77 bits per heavy atom. The summed E-state index contributed by atoms with van der Waals surface area (Å²) in [6.07, 6.45) is 1.90. The molecule has 1 atom stereocenters. The summed E-state index contributed by atoms with van der Waals surface area (Å²) in [7, 11) is 2.16. The summed E-state index contributed by atoms with van der Waals surface area (Å²) >= 11 is 0. The molecule has 1 rings (SSSR count). The third kappa shape index (κ3) is 3.61. The standard InChI is InChI=1S/C10H21FN2/c1-10-4-7-12(2)8-9-13(10)6-3-5-11/h10H,3-9H2,1-2H3. The summed E-state index contributed by atoms with van der Waals surface area (Å²) in [6, 6.07) is 0.622. The molecule has 78 valence electrons. The number of rotatable bonds is 3. The number of likely N-dealkylation sites (N-methyl/N-ethyl adjacent to an activating group) is 1. The minimum absolute atomic E-state index is 0.181. The average Bonchev–Trinajstić information content (AvgIpc) is 2.28. The largest absolute Gasteiger partial charge is 0.305 e. The molecule has 0 amide bonds. The van der Waals surface area contributed by atoms with Crippen molar-refractivity contribution >= 4 is 0 Å². The predicted octanol–water partition coefficient (Wildman–Crippen LogP) is 1.37. The summed E-state index contributed by atoms with van der Waals surface area (Å²) in [6.45, 7) is 6.38. The van der Waals surface area contributed by atoms with Crippen molar-refractivity contribution in [3.05, 3.63) is 0 Å². The van der Waals surface area contributed by atoms with Crippen molar-refractivity contribution in [3.63, 3.8) is 0 Å². The third-order valence-corrected chi connectivity index (χ3v) is 2.90. The minimum atomic E-state index is -0.181. The zero-order valence-corrected chi connectivity index (χ0v) is 8.80. The number of halogens is 1. The van der Waals surface area contributed by atoms with Gasteiger partial charge in [0, 0.05) is 25.7 Å². The summed E-state index contributed by atoms with van der Waals surface area (Å²) in [5.74, 6) is 0. The van der Waals surface area contributed by atoms with Crippen LogP contribution in [0.2, 0.25) is 0 Å². The Bertz CT molecular complexity index is 141. The molecule has 1 aliphatic heterocycles. The molecule has 0 bridgehead atoms. The Morgan fingerprint density at radius 1 is 1.31 bits per heavy atom. The predicted molar refractivity (Wildman–Crippen MR) is 53.7 cm³/mol. The van der Waals surface area contributed by atoms with Crippen LogP contribution in [0.3, 0.4) is 0 Å². The number of hydrogen-bond donors (Lipinski definition) is 0. The lowest BCUT2D eigenvalue weighted by molar-refractivity contribution is 0.207. The highest BCUT2D eigenvalue weighted by Gasteiger charge is 2.17. The van der Waals surface area contributed by atoms with E-state index in [-0.39, 0.29) is 6.67 Å². The molecule has 1 aliphatic rings. The highest BCUT2D eigenvalue weighted by atomic mass is 19.1. The van der Waals surface area contributed by atoms with Crippen molar-refractivity contribution in [2.75, 3.05) is 39.9 Å². The van der Waals surface area contributed by atoms with Crippen LogP contribution in [0.15, 0.2) is 0 Å². The molecular weight excluding hydrogens is 167 g/mol. The fourth-order valence-electron chi connectivity index (χ4n) is 1.82. The average molecular weight is 188 g/mol. The lowest BCUT2D eigenvalue weighted by Crippen LogP contribution is -2.35. The second-order valence-corrected chi connectivity index (χ2v) is 4.02. The Balaban J connectivity index is 2.33. The molecule has 0 N–H and O–H groups in total. The second kappa shape index (κ2) is 5.55. The molecule has 0 aromatic carbocycles. The van der Waals surface area contributed by atoms with Gasteiger partial charge in [0.1, 0.15) is 0 Å². The van der Waals surface area contributed by atoms with Crippen LogP contribution in [-0.2, 0) is 0 Å². The fraction of sp³-hybridized carbons (Fsp3) is 1.00. The van der Waals surface area contributed by atoms with Gasteiger partial charge in [-0.2, -0.15) is 0 Å². The van der Waals surface area contributed by atoms with Crippen molar-refractivity contribution in [2.45, 2.75) is 25.8 Å². The van der Waals surface area contributed by atoms with Crippen molar-refractivity contribution < 1.29 is 4.39 Å². The van der Waals surface area contributed by atoms with E-state index in [1.54, 1.807) is 0 Å². The molecule has 1 saturated heterocycles. The lowest BCUT2D eigenvalue weighted by atomic mass is 10.2. The molecule has 1 fully saturated rings. The van der Waals surface area contributed by atoms with Gasteiger partial charge in [-0.3, -0.25) is 9.29 Å². The van der Waals surface area contributed by atoms with E-state index in [0.29, 0.717) is 12.5 Å². The molecule has 0 spiro atoms. The van der Waals surface area contributed by atoms with Crippen LogP contribution in [-0.4, -0.2) is 55.7 Å². The summed E-state index contributed by atoms with van der Waals surface area (Å²) in [5, 5.41) is 0. The Hall–Kier alpha value is -0.150. The van der Waals surface area contributed by atoms with Crippen LogP contribution in [0.5, 0.6) is 0 Å². The smallest absolute Gasteiger partial charge is 0.0906 e. The van der Waals surface area contributed by atoms with Gasteiger partial charge in [0.2, 0.25) is 0 Å². The molecule has 13 heavy (non-hydrogen) atoms. The van der Waals surface area contributed by atoms with Crippen LogP contribution < -0.4 is 0 Å². The first kappa shape index (κ1) is 10.9. The normalized spacial score (nSPS) is 27.5. The summed E-state index contributed by atoms with van der Waals surface area (Å²) in [5.41, 5.74) is 0. The van der Waals surface area contributed by atoms with E-state index in [1.807, 2.05) is 0 Å². The molecular formula is C10H21FN2. The van der Waals surface area contributed by atoms with Gasteiger partial charge in [-0.25, -0.2) is 0 Å². The van der Waals surface area contributed by atoms with Gasteiger partial charge in [-0.1, -0.05) is 0 Å². The van der Waals surface area contributed by atoms with Crippen LogP contribution in [0.4, 0.5) is 4.39 Å². The maximum absolute atomic E-state index is 12.0. The van der Waals surface area contributed by atoms with Crippen LogP contribution >= 0.6 is 0 Å². The molecule has 1 heterocycles. The topological polar surface area (TPSA) is 6.48 Å². The van der Waals surface area contributed by atoms with E-state index in [9.17, 15) is 4.39 Å². The molecule has 0 aromatic rings. The molecule has 3 heteroatoms. The Morgan fingerprint density at radius 2 is 2.08 bits per heavy atom. The minimum Gasteiger partial charge on any atom is -0.305 e. The molecule has 1 unspecified atom stereocenters. The summed E-state index contributed by atoms with van der Waals surface area (Å²) in [4.78, 5) is 4.76. The number of alkyl halides is 1. The molecule has 0 aliphatic carbocycles. The monoisotopic (exact) mass is 188 g/mol. The van der Waals surface area contributed by atoms with Crippen molar-refractivity contribution in [1.29, 1.82) is 0 Å². The summed E-state index contributed by atoms with van der Waals surface area (Å²) < 4.78 is 12.0. The van der Waals surface area contributed by atoms with Gasteiger partial charge >= 0.3 is 0 Å². The van der Waals surface area contributed by atoms with Crippen LogP contribution in [0.1, 0.15) is 19.8 Å². The van der Waals surface area contributed by atoms with E-state index >= 15 is 0 Å². The number of hydrogen-bond acceptors (Lipinski definition) is 2. The fourth-order valence-corrected chi connectivity index (χ4v) is 1.82. The first-order valence-electron chi connectivity index (χ1n) is 5.22. The lowest BCUT2D eigenvalue weighted by Gasteiger charge is -2.25. The van der Waals surface area contributed by atoms with Gasteiger partial charge in [-0.05, 0) is 33.4 Å². The van der Waals surface area contributed by atoms with E-state index in [2.05, 4.69) is 23.8 Å². The highest BCUT2D eigenvalue weighted by Crippen LogP contribution is 2.09. The SMILES string of the molecule is CC1CCN(C)CCN1CCCF. The Kier molecular flexibility index (Phi) is 4.67. The van der Waals surface area contributed by atoms with Gasteiger partial charge in [0.15, 0.2) is 0 Å². The van der Waals surface area contributed by atoms with Gasteiger partial charge < -0.3 is 4.90 Å². The Labute approximate surface area is 80.7 Å².